The van der Waals surface area contributed by atoms with Gasteiger partial charge in [0.2, 0.25) is 5.91 Å². The number of amides is 1. The average Bonchev–Trinajstić information content (AvgIpc) is 2.29. The van der Waals surface area contributed by atoms with Crippen molar-refractivity contribution >= 4 is 5.91 Å². The van der Waals surface area contributed by atoms with Crippen molar-refractivity contribution < 1.29 is 4.79 Å². The van der Waals surface area contributed by atoms with Crippen molar-refractivity contribution in [2.24, 2.45) is 0 Å². The van der Waals surface area contributed by atoms with Crippen LogP contribution < -0.4 is 0 Å². The Morgan fingerprint density at radius 1 is 1.20 bits per heavy atom. The van der Waals surface area contributed by atoms with E-state index in [-0.39, 0.29) is 5.91 Å². The average molecular weight is 208 g/mol. The SMILES string of the molecule is C/C=C/C=C/C(=O)N1CCN(CC)CC1. The van der Waals surface area contributed by atoms with Crippen LogP contribution in [0.3, 0.4) is 0 Å². The quantitative estimate of drug-likeness (QED) is 0.515. The van der Waals surface area contributed by atoms with E-state index in [1.807, 2.05) is 24.0 Å². The second-order valence-electron chi connectivity index (χ2n) is 3.64. The topological polar surface area (TPSA) is 23.6 Å². The van der Waals surface area contributed by atoms with Crippen LogP contribution in [-0.4, -0.2) is 48.4 Å². The van der Waals surface area contributed by atoms with E-state index in [2.05, 4.69) is 11.8 Å². The Kier molecular flexibility index (Phi) is 5.12. The molecule has 1 aliphatic heterocycles. The maximum atomic E-state index is 11.7. The van der Waals surface area contributed by atoms with Crippen LogP contribution in [0.15, 0.2) is 24.3 Å². The van der Waals surface area contributed by atoms with Gasteiger partial charge < -0.3 is 9.80 Å². The fourth-order valence-electron chi connectivity index (χ4n) is 1.64. The first kappa shape index (κ1) is 12.0. The Morgan fingerprint density at radius 3 is 2.40 bits per heavy atom. The summed E-state index contributed by atoms with van der Waals surface area (Å²) in [7, 11) is 0. The van der Waals surface area contributed by atoms with Gasteiger partial charge in [-0.1, -0.05) is 25.2 Å². The molecule has 0 radical (unpaired) electrons. The van der Waals surface area contributed by atoms with Gasteiger partial charge in [-0.2, -0.15) is 0 Å². The second-order valence-corrected chi connectivity index (χ2v) is 3.64. The molecule has 84 valence electrons. The van der Waals surface area contributed by atoms with Gasteiger partial charge in [-0.05, 0) is 13.5 Å². The fraction of sp³-hybridized carbons (Fsp3) is 0.583. The number of nitrogens with zero attached hydrogens (tertiary/aromatic N) is 2. The summed E-state index contributed by atoms with van der Waals surface area (Å²) in [5, 5.41) is 0. The molecule has 0 aromatic carbocycles. The third kappa shape index (κ3) is 3.88. The van der Waals surface area contributed by atoms with Crippen LogP contribution in [0.4, 0.5) is 0 Å². The monoisotopic (exact) mass is 208 g/mol. The van der Waals surface area contributed by atoms with Gasteiger partial charge in [-0.25, -0.2) is 0 Å². The van der Waals surface area contributed by atoms with Crippen molar-refractivity contribution in [3.05, 3.63) is 24.3 Å². The van der Waals surface area contributed by atoms with Gasteiger partial charge >= 0.3 is 0 Å². The largest absolute Gasteiger partial charge is 0.337 e. The van der Waals surface area contributed by atoms with E-state index in [1.54, 1.807) is 12.2 Å². The van der Waals surface area contributed by atoms with Crippen LogP contribution in [0.1, 0.15) is 13.8 Å². The highest BCUT2D eigenvalue weighted by Crippen LogP contribution is 2.02. The van der Waals surface area contributed by atoms with E-state index in [0.717, 1.165) is 32.7 Å². The minimum Gasteiger partial charge on any atom is -0.337 e. The molecule has 0 bridgehead atoms. The molecule has 1 fully saturated rings. The molecule has 1 saturated heterocycles. The van der Waals surface area contributed by atoms with Crippen molar-refractivity contribution in [2.45, 2.75) is 13.8 Å². The Bertz CT molecular complexity index is 250. The molecule has 0 unspecified atom stereocenters. The Hall–Kier alpha value is -1.09. The highest BCUT2D eigenvalue weighted by molar-refractivity contribution is 5.87. The summed E-state index contributed by atoms with van der Waals surface area (Å²) >= 11 is 0. The van der Waals surface area contributed by atoms with E-state index in [9.17, 15) is 4.79 Å². The number of hydrogen-bond acceptors (Lipinski definition) is 2. The fourth-order valence-corrected chi connectivity index (χ4v) is 1.64. The lowest BCUT2D eigenvalue weighted by Gasteiger charge is -2.33. The van der Waals surface area contributed by atoms with Crippen LogP contribution in [0.2, 0.25) is 0 Å². The molecule has 0 aromatic heterocycles. The normalized spacial score (nSPS) is 19.2. The lowest BCUT2D eigenvalue weighted by molar-refractivity contribution is -0.127. The van der Waals surface area contributed by atoms with Crippen molar-refractivity contribution in [2.75, 3.05) is 32.7 Å². The third-order valence-electron chi connectivity index (χ3n) is 2.67. The molecule has 3 heteroatoms. The summed E-state index contributed by atoms with van der Waals surface area (Å²) in [5.41, 5.74) is 0. The highest BCUT2D eigenvalue weighted by atomic mass is 16.2. The number of carbonyl (C=O) groups is 1. The number of carbonyl (C=O) groups excluding carboxylic acids is 1. The van der Waals surface area contributed by atoms with Crippen molar-refractivity contribution in [3.8, 4) is 0 Å². The summed E-state index contributed by atoms with van der Waals surface area (Å²) in [6, 6.07) is 0. The number of rotatable bonds is 3. The number of piperazine rings is 1. The zero-order valence-corrected chi connectivity index (χ0v) is 9.65. The standard InChI is InChI=1S/C12H20N2O/c1-3-5-6-7-12(15)14-10-8-13(4-2)9-11-14/h3,5-7H,4,8-11H2,1-2H3/b5-3+,7-6+. The Labute approximate surface area is 92.0 Å². The van der Waals surface area contributed by atoms with E-state index < -0.39 is 0 Å². The first-order valence-electron chi connectivity index (χ1n) is 5.58. The Morgan fingerprint density at radius 2 is 1.87 bits per heavy atom. The third-order valence-corrected chi connectivity index (χ3v) is 2.67. The predicted octanol–water partition coefficient (Wildman–Crippen LogP) is 1.28. The molecule has 1 heterocycles. The van der Waals surface area contributed by atoms with E-state index in [0.29, 0.717) is 0 Å². The number of likely N-dealkylation sites (N-methyl/N-ethyl adjacent to an activating group) is 1. The van der Waals surface area contributed by atoms with E-state index in [1.165, 1.54) is 0 Å². The second kappa shape index (κ2) is 6.40. The van der Waals surface area contributed by atoms with Gasteiger partial charge in [0.1, 0.15) is 0 Å². The molecule has 1 rings (SSSR count). The van der Waals surface area contributed by atoms with Crippen molar-refractivity contribution in [3.63, 3.8) is 0 Å². The van der Waals surface area contributed by atoms with E-state index >= 15 is 0 Å². The summed E-state index contributed by atoms with van der Waals surface area (Å²) in [6.45, 7) is 8.88. The molecule has 1 amide bonds. The Balaban J connectivity index is 2.36. The van der Waals surface area contributed by atoms with Crippen LogP contribution in [0, 0.1) is 0 Å². The summed E-state index contributed by atoms with van der Waals surface area (Å²) in [5.74, 6) is 0.129. The van der Waals surface area contributed by atoms with Gasteiger partial charge in [0.05, 0.1) is 0 Å². The van der Waals surface area contributed by atoms with Crippen molar-refractivity contribution in [1.82, 2.24) is 9.80 Å². The maximum Gasteiger partial charge on any atom is 0.246 e. The minimum absolute atomic E-state index is 0.129. The molecule has 0 aliphatic carbocycles. The van der Waals surface area contributed by atoms with Crippen LogP contribution >= 0.6 is 0 Å². The van der Waals surface area contributed by atoms with Gasteiger partial charge in [0, 0.05) is 32.3 Å². The summed E-state index contributed by atoms with van der Waals surface area (Å²) in [4.78, 5) is 15.9. The maximum absolute atomic E-state index is 11.7. The van der Waals surface area contributed by atoms with Gasteiger partial charge in [-0.3, -0.25) is 4.79 Å². The van der Waals surface area contributed by atoms with Crippen LogP contribution in [0.25, 0.3) is 0 Å². The minimum atomic E-state index is 0.129. The number of allylic oxidation sites excluding steroid dienone is 3. The molecular weight excluding hydrogens is 188 g/mol. The van der Waals surface area contributed by atoms with Gasteiger partial charge in [0.15, 0.2) is 0 Å². The smallest absolute Gasteiger partial charge is 0.246 e. The van der Waals surface area contributed by atoms with Gasteiger partial charge in [-0.15, -0.1) is 0 Å². The zero-order valence-electron chi connectivity index (χ0n) is 9.65. The molecule has 15 heavy (non-hydrogen) atoms. The molecule has 0 spiro atoms. The summed E-state index contributed by atoms with van der Waals surface area (Å²) in [6.07, 6.45) is 7.23. The molecule has 1 aliphatic rings. The molecule has 0 atom stereocenters. The molecule has 0 aromatic rings. The summed E-state index contributed by atoms with van der Waals surface area (Å²) < 4.78 is 0. The lowest BCUT2D eigenvalue weighted by atomic mass is 10.3. The molecule has 3 nitrogen and oxygen atoms in total. The first-order valence-corrected chi connectivity index (χ1v) is 5.58. The molecular formula is C12H20N2O. The van der Waals surface area contributed by atoms with Crippen molar-refractivity contribution in [1.29, 1.82) is 0 Å². The van der Waals surface area contributed by atoms with E-state index in [4.69, 9.17) is 0 Å². The lowest BCUT2D eigenvalue weighted by Crippen LogP contribution is -2.48. The zero-order chi connectivity index (χ0) is 11.1. The van der Waals surface area contributed by atoms with Crippen LogP contribution in [0.5, 0.6) is 0 Å². The molecule has 0 saturated carbocycles. The van der Waals surface area contributed by atoms with Gasteiger partial charge in [0.25, 0.3) is 0 Å². The first-order chi connectivity index (χ1) is 7.27. The number of hydrogen-bond donors (Lipinski definition) is 0. The van der Waals surface area contributed by atoms with Crippen LogP contribution in [-0.2, 0) is 4.79 Å². The highest BCUT2D eigenvalue weighted by Gasteiger charge is 2.17. The predicted molar refractivity (Wildman–Crippen MR) is 62.6 cm³/mol. The molecule has 0 N–H and O–H groups in total.